The summed E-state index contributed by atoms with van der Waals surface area (Å²) in [4.78, 5) is 22.9. The molecule has 0 aliphatic heterocycles. The van der Waals surface area contributed by atoms with Crippen LogP contribution in [0.3, 0.4) is 0 Å². The number of esters is 1. The Kier molecular flexibility index (Phi) is 7.36. The van der Waals surface area contributed by atoms with Crippen LogP contribution >= 0.6 is 23.2 Å². The SMILES string of the molecule is COCCNC(=O)COC(=O)Cc1c(Cl)cccc1Cl. The highest BCUT2D eigenvalue weighted by molar-refractivity contribution is 6.36. The van der Waals surface area contributed by atoms with Gasteiger partial charge in [-0.25, -0.2) is 0 Å². The number of carbonyl (C=O) groups is 2. The normalized spacial score (nSPS) is 10.2. The van der Waals surface area contributed by atoms with Crippen LogP contribution in [0.15, 0.2) is 18.2 Å². The van der Waals surface area contributed by atoms with Gasteiger partial charge in [0.2, 0.25) is 0 Å². The predicted octanol–water partition coefficient (Wildman–Crippen LogP) is 1.84. The molecule has 0 fully saturated rings. The van der Waals surface area contributed by atoms with Gasteiger partial charge in [0.05, 0.1) is 13.0 Å². The van der Waals surface area contributed by atoms with Crippen molar-refractivity contribution in [2.45, 2.75) is 6.42 Å². The number of methoxy groups -OCH3 is 1. The molecule has 0 bridgehead atoms. The molecule has 0 aromatic heterocycles. The van der Waals surface area contributed by atoms with Gasteiger partial charge in [0, 0.05) is 29.3 Å². The summed E-state index contributed by atoms with van der Waals surface area (Å²) >= 11 is 11.9. The molecule has 110 valence electrons. The highest BCUT2D eigenvalue weighted by Crippen LogP contribution is 2.24. The third kappa shape index (κ3) is 5.77. The molecule has 0 radical (unpaired) electrons. The zero-order valence-corrected chi connectivity index (χ0v) is 12.5. The van der Waals surface area contributed by atoms with E-state index in [2.05, 4.69) is 5.32 Å². The third-order valence-corrected chi connectivity index (χ3v) is 3.08. The smallest absolute Gasteiger partial charge is 0.310 e. The number of benzene rings is 1. The predicted molar refractivity (Wildman–Crippen MR) is 76.0 cm³/mol. The van der Waals surface area contributed by atoms with Crippen LogP contribution in [0.25, 0.3) is 0 Å². The van der Waals surface area contributed by atoms with Gasteiger partial charge < -0.3 is 14.8 Å². The number of rotatable bonds is 7. The zero-order chi connectivity index (χ0) is 15.0. The van der Waals surface area contributed by atoms with Crippen LogP contribution in [0.1, 0.15) is 5.56 Å². The number of halogens is 2. The van der Waals surface area contributed by atoms with Crippen LogP contribution in [0, 0.1) is 0 Å². The lowest BCUT2D eigenvalue weighted by molar-refractivity contribution is -0.147. The van der Waals surface area contributed by atoms with Gasteiger partial charge in [-0.3, -0.25) is 9.59 Å². The summed E-state index contributed by atoms with van der Waals surface area (Å²) in [5.41, 5.74) is 0.487. The molecule has 0 heterocycles. The van der Waals surface area contributed by atoms with Gasteiger partial charge in [-0.15, -0.1) is 0 Å². The fourth-order valence-electron chi connectivity index (χ4n) is 1.39. The van der Waals surface area contributed by atoms with Crippen LogP contribution in [0.5, 0.6) is 0 Å². The Balaban J connectivity index is 2.39. The topological polar surface area (TPSA) is 64.6 Å². The Labute approximate surface area is 127 Å². The van der Waals surface area contributed by atoms with Crippen molar-refractivity contribution in [3.63, 3.8) is 0 Å². The molecule has 1 N–H and O–H groups in total. The summed E-state index contributed by atoms with van der Waals surface area (Å²) in [6, 6.07) is 4.95. The van der Waals surface area contributed by atoms with E-state index >= 15 is 0 Å². The van der Waals surface area contributed by atoms with Crippen molar-refractivity contribution >= 4 is 35.1 Å². The Morgan fingerprint density at radius 1 is 1.25 bits per heavy atom. The standard InChI is InChI=1S/C13H15Cl2NO4/c1-19-6-5-16-12(17)8-20-13(18)7-9-10(14)3-2-4-11(9)15/h2-4H,5-8H2,1H3,(H,16,17). The van der Waals surface area contributed by atoms with Crippen molar-refractivity contribution in [3.8, 4) is 0 Å². The highest BCUT2D eigenvalue weighted by Gasteiger charge is 2.13. The van der Waals surface area contributed by atoms with Crippen LogP contribution in [-0.4, -0.2) is 38.7 Å². The lowest BCUT2D eigenvalue weighted by atomic mass is 10.1. The molecule has 0 saturated carbocycles. The van der Waals surface area contributed by atoms with Crippen molar-refractivity contribution in [1.29, 1.82) is 0 Å². The van der Waals surface area contributed by atoms with Crippen LogP contribution in [0.4, 0.5) is 0 Å². The average Bonchev–Trinajstić information content (AvgIpc) is 2.41. The zero-order valence-electron chi connectivity index (χ0n) is 10.9. The van der Waals surface area contributed by atoms with E-state index < -0.39 is 5.97 Å². The fraction of sp³-hybridized carbons (Fsp3) is 0.385. The maximum atomic E-state index is 11.6. The molecule has 1 aromatic rings. The number of hydrogen-bond donors (Lipinski definition) is 1. The molecule has 0 aliphatic rings. The summed E-state index contributed by atoms with van der Waals surface area (Å²) in [5.74, 6) is -0.956. The first-order valence-corrected chi connectivity index (χ1v) is 6.64. The number of ether oxygens (including phenoxy) is 2. The maximum Gasteiger partial charge on any atom is 0.310 e. The van der Waals surface area contributed by atoms with E-state index in [1.807, 2.05) is 0 Å². The number of hydrogen-bond acceptors (Lipinski definition) is 4. The minimum absolute atomic E-state index is 0.0795. The van der Waals surface area contributed by atoms with E-state index in [9.17, 15) is 9.59 Å². The second kappa shape index (κ2) is 8.79. The first kappa shape index (κ1) is 16.8. The number of amides is 1. The van der Waals surface area contributed by atoms with Crippen molar-refractivity contribution in [2.24, 2.45) is 0 Å². The van der Waals surface area contributed by atoms with E-state index in [0.29, 0.717) is 28.8 Å². The first-order valence-electron chi connectivity index (χ1n) is 5.88. The summed E-state index contributed by atoms with van der Waals surface area (Å²) in [6.07, 6.45) is -0.0795. The van der Waals surface area contributed by atoms with Crippen molar-refractivity contribution in [3.05, 3.63) is 33.8 Å². The molecule has 0 spiro atoms. The molecular formula is C13H15Cl2NO4. The molecule has 0 atom stereocenters. The molecule has 5 nitrogen and oxygen atoms in total. The minimum atomic E-state index is -0.568. The quantitative estimate of drug-likeness (QED) is 0.615. The molecule has 1 aromatic carbocycles. The summed E-state index contributed by atoms with van der Waals surface area (Å²) in [5, 5.41) is 3.31. The molecule has 0 unspecified atom stereocenters. The van der Waals surface area contributed by atoms with Crippen molar-refractivity contribution in [1.82, 2.24) is 5.32 Å². The van der Waals surface area contributed by atoms with Gasteiger partial charge in [-0.05, 0) is 12.1 Å². The van der Waals surface area contributed by atoms with E-state index in [4.69, 9.17) is 32.7 Å². The average molecular weight is 320 g/mol. The lowest BCUT2D eigenvalue weighted by Gasteiger charge is -2.08. The molecule has 0 aliphatic carbocycles. The van der Waals surface area contributed by atoms with E-state index in [1.165, 1.54) is 7.11 Å². The highest BCUT2D eigenvalue weighted by atomic mass is 35.5. The van der Waals surface area contributed by atoms with Crippen LogP contribution in [0.2, 0.25) is 10.0 Å². The van der Waals surface area contributed by atoms with Gasteiger partial charge in [0.15, 0.2) is 6.61 Å². The molecule has 20 heavy (non-hydrogen) atoms. The summed E-state index contributed by atoms with van der Waals surface area (Å²) in [7, 11) is 1.53. The summed E-state index contributed by atoms with van der Waals surface area (Å²) in [6.45, 7) is 0.419. The van der Waals surface area contributed by atoms with Gasteiger partial charge in [0.1, 0.15) is 0 Å². The Morgan fingerprint density at radius 3 is 2.50 bits per heavy atom. The lowest BCUT2D eigenvalue weighted by Crippen LogP contribution is -2.31. The Hall–Kier alpha value is -1.30. The molecule has 0 saturated heterocycles. The van der Waals surface area contributed by atoms with Gasteiger partial charge in [-0.2, -0.15) is 0 Å². The molecule has 1 amide bonds. The molecule has 7 heteroatoms. The minimum Gasteiger partial charge on any atom is -0.455 e. The number of carbonyl (C=O) groups excluding carboxylic acids is 2. The molecular weight excluding hydrogens is 305 g/mol. The van der Waals surface area contributed by atoms with Crippen LogP contribution in [-0.2, 0) is 25.5 Å². The molecule has 1 rings (SSSR count). The first-order chi connectivity index (χ1) is 9.54. The number of nitrogens with one attached hydrogen (secondary N) is 1. The maximum absolute atomic E-state index is 11.6. The Morgan fingerprint density at radius 2 is 1.90 bits per heavy atom. The van der Waals surface area contributed by atoms with Crippen LogP contribution < -0.4 is 5.32 Å². The Bertz CT molecular complexity index is 459. The summed E-state index contributed by atoms with van der Waals surface area (Å²) < 4.78 is 9.61. The van der Waals surface area contributed by atoms with Crippen molar-refractivity contribution in [2.75, 3.05) is 26.9 Å². The largest absolute Gasteiger partial charge is 0.455 e. The third-order valence-electron chi connectivity index (χ3n) is 2.38. The second-order valence-corrected chi connectivity index (χ2v) is 4.69. The van der Waals surface area contributed by atoms with Crippen molar-refractivity contribution < 1.29 is 19.1 Å². The fourth-order valence-corrected chi connectivity index (χ4v) is 1.92. The van der Waals surface area contributed by atoms with Gasteiger partial charge in [0.25, 0.3) is 5.91 Å². The second-order valence-electron chi connectivity index (χ2n) is 3.88. The van der Waals surface area contributed by atoms with E-state index in [-0.39, 0.29) is 18.9 Å². The van der Waals surface area contributed by atoms with Gasteiger partial charge in [-0.1, -0.05) is 29.3 Å². The van der Waals surface area contributed by atoms with E-state index in [0.717, 1.165) is 0 Å². The monoisotopic (exact) mass is 319 g/mol. The van der Waals surface area contributed by atoms with Gasteiger partial charge >= 0.3 is 5.97 Å². The van der Waals surface area contributed by atoms with E-state index in [1.54, 1.807) is 18.2 Å².